The molecule has 1 aromatic carbocycles. The van der Waals surface area contributed by atoms with Gasteiger partial charge in [0.15, 0.2) is 12.0 Å². The summed E-state index contributed by atoms with van der Waals surface area (Å²) in [5.41, 5.74) is 3.00. The van der Waals surface area contributed by atoms with Crippen molar-refractivity contribution in [2.75, 3.05) is 13.1 Å². The van der Waals surface area contributed by atoms with Crippen molar-refractivity contribution >= 4 is 11.5 Å². The van der Waals surface area contributed by atoms with Crippen LogP contribution in [0.1, 0.15) is 24.8 Å². The van der Waals surface area contributed by atoms with Crippen LogP contribution in [0.25, 0.3) is 11.4 Å². The van der Waals surface area contributed by atoms with Crippen LogP contribution < -0.4 is 10.6 Å². The van der Waals surface area contributed by atoms with Crippen molar-refractivity contribution in [3.63, 3.8) is 0 Å². The van der Waals surface area contributed by atoms with Crippen molar-refractivity contribution in [2.24, 2.45) is 10.1 Å². The van der Waals surface area contributed by atoms with Crippen LogP contribution in [0.3, 0.4) is 0 Å². The monoisotopic (exact) mass is 360 g/mol. The molecule has 0 unspecified atom stereocenters. The number of benzene rings is 1. The van der Waals surface area contributed by atoms with Crippen LogP contribution >= 0.6 is 0 Å². The largest absolute Gasteiger partial charge is 0.364 e. The molecule has 0 aliphatic carbocycles. The highest BCUT2D eigenvalue weighted by Gasteiger charge is 2.32. The summed E-state index contributed by atoms with van der Waals surface area (Å²) in [7, 11) is 0. The fraction of sp³-hybridized carbons (Fsp3) is 0.300. The molecule has 1 aromatic heterocycles. The molecule has 2 aromatic rings. The third kappa shape index (κ3) is 3.21. The summed E-state index contributed by atoms with van der Waals surface area (Å²) in [6, 6.07) is 10.6. The maximum Gasteiger partial charge on any atom is 0.328 e. The smallest absolute Gasteiger partial charge is 0.328 e. The summed E-state index contributed by atoms with van der Waals surface area (Å²) < 4.78 is 3.82. The van der Waals surface area contributed by atoms with Gasteiger partial charge in [0.05, 0.1) is 23.9 Å². The van der Waals surface area contributed by atoms with Gasteiger partial charge in [-0.25, -0.2) is 4.68 Å². The molecule has 136 valence electrons. The van der Waals surface area contributed by atoms with Crippen LogP contribution in [0.5, 0.6) is 0 Å². The second-order valence-corrected chi connectivity index (χ2v) is 6.94. The van der Waals surface area contributed by atoms with E-state index < -0.39 is 0 Å². The van der Waals surface area contributed by atoms with Gasteiger partial charge >= 0.3 is 5.84 Å². The van der Waals surface area contributed by atoms with Crippen LogP contribution in [0.15, 0.2) is 70.9 Å². The van der Waals surface area contributed by atoms with Gasteiger partial charge in [-0.15, -0.1) is 0 Å². The molecule has 0 saturated carbocycles. The molecule has 27 heavy (non-hydrogen) atoms. The van der Waals surface area contributed by atoms with Crippen molar-refractivity contribution in [1.29, 1.82) is 0 Å². The van der Waals surface area contributed by atoms with Gasteiger partial charge in [0, 0.05) is 12.2 Å². The van der Waals surface area contributed by atoms with Crippen LogP contribution in [0.2, 0.25) is 0 Å². The zero-order chi connectivity index (χ0) is 18.1. The molecule has 0 atom stereocenters. The van der Waals surface area contributed by atoms with E-state index in [-0.39, 0.29) is 0 Å². The highest BCUT2D eigenvalue weighted by atomic mass is 15.4. The Bertz CT molecular complexity index is 959. The predicted molar refractivity (Wildman–Crippen MR) is 103 cm³/mol. The molecule has 7 heteroatoms. The summed E-state index contributed by atoms with van der Waals surface area (Å²) >= 11 is 0. The molecule has 1 fully saturated rings. The van der Waals surface area contributed by atoms with Crippen molar-refractivity contribution < 1.29 is 4.70 Å². The van der Waals surface area contributed by atoms with Crippen LogP contribution in [-0.4, -0.2) is 39.4 Å². The first kappa shape index (κ1) is 16.1. The number of azo groups is 2. The average Bonchev–Trinajstić information content (AvgIpc) is 3.36. The van der Waals surface area contributed by atoms with E-state index in [9.17, 15) is 0 Å². The number of fused-ring (bicyclic) bond motifs is 1. The van der Waals surface area contributed by atoms with Crippen LogP contribution in [0, 0.1) is 0 Å². The molecule has 0 radical (unpaired) electrons. The first-order valence-electron chi connectivity index (χ1n) is 9.43. The summed E-state index contributed by atoms with van der Waals surface area (Å²) in [5, 5.41) is 16.3. The number of hydrogen-bond donors (Lipinski definition) is 2. The van der Waals surface area contributed by atoms with Gasteiger partial charge in [-0.3, -0.25) is 0 Å². The number of nitrogens with one attached hydrogen (secondary N) is 2. The summed E-state index contributed by atoms with van der Waals surface area (Å²) in [6.45, 7) is 2.12. The maximum absolute atomic E-state index is 4.80. The van der Waals surface area contributed by atoms with E-state index in [0.717, 1.165) is 61.0 Å². The first-order valence-corrected chi connectivity index (χ1v) is 9.43. The molecule has 4 heterocycles. The lowest BCUT2D eigenvalue weighted by Gasteiger charge is -2.24. The molecule has 0 amide bonds. The summed E-state index contributed by atoms with van der Waals surface area (Å²) in [6.07, 6.45) is 10.9. The van der Waals surface area contributed by atoms with Crippen LogP contribution in [0.4, 0.5) is 0 Å². The summed E-state index contributed by atoms with van der Waals surface area (Å²) in [4.78, 5) is 4.55. The maximum atomic E-state index is 4.80. The van der Waals surface area contributed by atoms with Crippen molar-refractivity contribution in [3.05, 3.63) is 66.4 Å². The van der Waals surface area contributed by atoms with Gasteiger partial charge in [0.25, 0.3) is 0 Å². The minimum Gasteiger partial charge on any atom is -0.364 e. The normalized spacial score (nSPS) is 19.7. The number of amidine groups is 1. The second-order valence-electron chi connectivity index (χ2n) is 6.94. The standard InChI is InChI=1S/C20H22N7/c1-2-4-17(5-3-1)26-14-15(12-23-26)18-13-22-20-7-6-19(25-27(18)20)24-16-8-10-21-11-9-16/h1-6,12-14,16,21,24H,7-11H2/q+1. The third-order valence-electron chi connectivity index (χ3n) is 5.08. The second kappa shape index (κ2) is 6.92. The lowest BCUT2D eigenvalue weighted by atomic mass is 10.1. The van der Waals surface area contributed by atoms with E-state index in [1.807, 2.05) is 58.3 Å². The zero-order valence-electron chi connectivity index (χ0n) is 15.0. The Kier molecular flexibility index (Phi) is 4.14. The van der Waals surface area contributed by atoms with Gasteiger partial charge in [0.2, 0.25) is 5.70 Å². The van der Waals surface area contributed by atoms with Crippen molar-refractivity contribution in [1.82, 2.24) is 20.4 Å². The van der Waals surface area contributed by atoms with Gasteiger partial charge in [-0.1, -0.05) is 28.0 Å². The van der Waals surface area contributed by atoms with E-state index in [4.69, 9.17) is 5.11 Å². The number of hydrogen-bond acceptors (Lipinski definition) is 5. The Labute approximate surface area is 157 Å². The Morgan fingerprint density at radius 1 is 1.15 bits per heavy atom. The number of aromatic nitrogens is 2. The number of nitrogens with zero attached hydrogens (tertiary/aromatic N) is 5. The molecule has 3 aliphatic heterocycles. The van der Waals surface area contributed by atoms with Gasteiger partial charge in [-0.2, -0.15) is 5.10 Å². The zero-order valence-corrected chi connectivity index (χ0v) is 15.0. The minimum atomic E-state index is 0.482. The average molecular weight is 360 g/mol. The van der Waals surface area contributed by atoms with Crippen LogP contribution in [-0.2, 0) is 0 Å². The predicted octanol–water partition coefficient (Wildman–Crippen LogP) is 2.63. The Morgan fingerprint density at radius 3 is 2.85 bits per heavy atom. The highest BCUT2D eigenvalue weighted by molar-refractivity contribution is 5.85. The summed E-state index contributed by atoms with van der Waals surface area (Å²) in [5.74, 6) is 1.89. The quantitative estimate of drug-likeness (QED) is 0.824. The number of piperidine rings is 1. The number of rotatable bonds is 4. The molecular formula is C20H22N7+. The topological polar surface area (TPSA) is 69.6 Å². The van der Waals surface area contributed by atoms with E-state index in [1.54, 1.807) is 0 Å². The van der Waals surface area contributed by atoms with E-state index in [2.05, 4.69) is 26.8 Å². The molecule has 5 rings (SSSR count). The lowest BCUT2D eigenvalue weighted by Crippen LogP contribution is -2.40. The molecule has 3 aliphatic rings. The third-order valence-corrected chi connectivity index (χ3v) is 5.08. The van der Waals surface area contributed by atoms with Gasteiger partial charge in [-0.05, 0) is 49.1 Å². The molecule has 7 nitrogen and oxygen atoms in total. The minimum absolute atomic E-state index is 0.482. The SMILES string of the molecule is C1=C(NC2CCNCC2)N=[N+]2C(c3cnn(-c4ccccc4)c3)=CN=C2C1. The molecule has 2 N–H and O–H groups in total. The molecule has 0 spiro atoms. The van der Waals surface area contributed by atoms with Crippen molar-refractivity contribution in [3.8, 4) is 5.69 Å². The lowest BCUT2D eigenvalue weighted by molar-refractivity contribution is -0.379. The number of para-hydroxylation sites is 1. The Hall–Kier alpha value is -3.06. The van der Waals surface area contributed by atoms with E-state index in [1.165, 1.54) is 0 Å². The highest BCUT2D eigenvalue weighted by Crippen LogP contribution is 2.26. The fourth-order valence-electron chi connectivity index (χ4n) is 3.61. The van der Waals surface area contributed by atoms with E-state index >= 15 is 0 Å². The Balaban J connectivity index is 1.37. The number of aliphatic imine (C=N–C) groups is 1. The molecular weight excluding hydrogens is 338 g/mol. The van der Waals surface area contributed by atoms with Gasteiger partial charge in [0.1, 0.15) is 0 Å². The van der Waals surface area contributed by atoms with Crippen molar-refractivity contribution in [2.45, 2.75) is 25.3 Å². The molecule has 1 saturated heterocycles. The Morgan fingerprint density at radius 2 is 2.00 bits per heavy atom. The first-order chi connectivity index (χ1) is 13.4. The molecule has 0 bridgehead atoms. The fourth-order valence-corrected chi connectivity index (χ4v) is 3.61. The van der Waals surface area contributed by atoms with E-state index in [0.29, 0.717) is 6.04 Å². The van der Waals surface area contributed by atoms with Gasteiger partial charge < -0.3 is 10.6 Å².